The first-order valence-corrected chi connectivity index (χ1v) is 15.0. The lowest BCUT2D eigenvalue weighted by Crippen LogP contribution is -1.95. The molecule has 3 heteroatoms. The molecule has 3 heterocycles. The van der Waals surface area contributed by atoms with Crippen LogP contribution in [0, 0.1) is 0 Å². The van der Waals surface area contributed by atoms with Crippen molar-refractivity contribution in [3.63, 3.8) is 0 Å². The second-order valence-corrected chi connectivity index (χ2v) is 11.2. The van der Waals surface area contributed by atoms with Gasteiger partial charge in [-0.15, -0.1) is 0 Å². The maximum absolute atomic E-state index is 4.84. The molecule has 44 heavy (non-hydrogen) atoms. The van der Waals surface area contributed by atoms with Crippen LogP contribution in [-0.2, 0) is 0 Å². The fourth-order valence-electron chi connectivity index (χ4n) is 6.85. The van der Waals surface area contributed by atoms with Crippen LogP contribution >= 0.6 is 0 Å². The van der Waals surface area contributed by atoms with E-state index in [2.05, 4.69) is 161 Å². The second kappa shape index (κ2) is 9.82. The molecule has 0 N–H and O–H groups in total. The molecule has 0 radical (unpaired) electrons. The molecule has 9 aromatic rings. The number of nitrogens with zero attached hydrogens (tertiary/aromatic N) is 3. The van der Waals surface area contributed by atoms with E-state index in [0.717, 1.165) is 33.3 Å². The summed E-state index contributed by atoms with van der Waals surface area (Å²) in [7, 11) is 0. The van der Waals surface area contributed by atoms with Crippen molar-refractivity contribution in [3.05, 3.63) is 164 Å². The Morgan fingerprint density at radius 3 is 1.95 bits per heavy atom. The lowest BCUT2D eigenvalue weighted by atomic mass is 9.98. The minimum atomic E-state index is 1.01. The van der Waals surface area contributed by atoms with Crippen LogP contribution in [0.3, 0.4) is 0 Å². The van der Waals surface area contributed by atoms with Gasteiger partial charge >= 0.3 is 0 Å². The highest BCUT2D eigenvalue weighted by molar-refractivity contribution is 6.16. The van der Waals surface area contributed by atoms with Crippen LogP contribution in [0.2, 0.25) is 0 Å². The number of rotatable bonds is 4. The van der Waals surface area contributed by atoms with Crippen molar-refractivity contribution in [2.45, 2.75) is 0 Å². The molecule has 0 unspecified atom stereocenters. The van der Waals surface area contributed by atoms with Crippen LogP contribution < -0.4 is 0 Å². The van der Waals surface area contributed by atoms with Gasteiger partial charge in [-0.1, -0.05) is 97.1 Å². The van der Waals surface area contributed by atoms with Gasteiger partial charge in [0.15, 0.2) is 0 Å². The van der Waals surface area contributed by atoms with Gasteiger partial charge in [0.05, 0.1) is 27.6 Å². The number of hydrogen-bond acceptors (Lipinski definition) is 1. The monoisotopic (exact) mass is 561 g/mol. The molecule has 0 saturated heterocycles. The molecule has 9 rings (SSSR count). The summed E-state index contributed by atoms with van der Waals surface area (Å²) in [6.45, 7) is 0. The molecule has 3 aromatic heterocycles. The van der Waals surface area contributed by atoms with E-state index in [1.807, 2.05) is 12.3 Å². The van der Waals surface area contributed by atoms with E-state index in [0.29, 0.717) is 0 Å². The highest BCUT2D eigenvalue weighted by atomic mass is 15.0. The highest BCUT2D eigenvalue weighted by Gasteiger charge is 2.18. The van der Waals surface area contributed by atoms with E-state index >= 15 is 0 Å². The zero-order valence-electron chi connectivity index (χ0n) is 23.9. The maximum Gasteiger partial charge on any atom is 0.0963 e. The number of aromatic nitrogens is 3. The van der Waals surface area contributed by atoms with Crippen LogP contribution in [0.15, 0.2) is 164 Å². The van der Waals surface area contributed by atoms with Crippen molar-refractivity contribution in [3.8, 4) is 33.6 Å². The van der Waals surface area contributed by atoms with E-state index in [-0.39, 0.29) is 0 Å². The smallest absolute Gasteiger partial charge is 0.0963 e. The van der Waals surface area contributed by atoms with E-state index < -0.39 is 0 Å². The van der Waals surface area contributed by atoms with E-state index in [1.165, 1.54) is 44.1 Å². The molecule has 0 aliphatic carbocycles. The van der Waals surface area contributed by atoms with Crippen molar-refractivity contribution >= 4 is 43.7 Å². The zero-order valence-corrected chi connectivity index (χ0v) is 23.9. The summed E-state index contributed by atoms with van der Waals surface area (Å²) < 4.78 is 4.74. The molecule has 0 bridgehead atoms. The zero-order chi connectivity index (χ0) is 29.0. The van der Waals surface area contributed by atoms with Gasteiger partial charge in [-0.25, -0.2) is 0 Å². The topological polar surface area (TPSA) is 22.8 Å². The summed E-state index contributed by atoms with van der Waals surface area (Å²) in [4.78, 5) is 4.84. The molecule has 0 saturated carbocycles. The molecule has 0 aliphatic heterocycles. The fraction of sp³-hybridized carbons (Fsp3) is 0. The van der Waals surface area contributed by atoms with Gasteiger partial charge in [0, 0.05) is 33.7 Å². The molecule has 0 aliphatic rings. The molecule has 6 aromatic carbocycles. The molecule has 0 fully saturated rings. The standard InChI is InChI=1S/C41H27N3/c1-3-12-28(13-4-1)29-14-9-17-32(26-29)44-38-22-11-25-42-41(38)35-24-23-30(27-39(35)44)33-19-10-21-37-40(33)34-18-7-8-20-36(34)43(37)31-15-5-2-6-16-31/h1-27H. The Hall–Kier alpha value is -5.93. The maximum atomic E-state index is 4.84. The van der Waals surface area contributed by atoms with Crippen molar-refractivity contribution in [2.24, 2.45) is 0 Å². The van der Waals surface area contributed by atoms with Gasteiger partial charge < -0.3 is 9.13 Å². The van der Waals surface area contributed by atoms with Crippen molar-refractivity contribution in [1.82, 2.24) is 14.1 Å². The van der Waals surface area contributed by atoms with Crippen molar-refractivity contribution in [2.75, 3.05) is 0 Å². The molecule has 0 amide bonds. The Morgan fingerprint density at radius 1 is 0.386 bits per heavy atom. The summed E-state index contributed by atoms with van der Waals surface area (Å²) in [5, 5.41) is 3.66. The lowest BCUT2D eigenvalue weighted by molar-refractivity contribution is 1.18. The Morgan fingerprint density at radius 2 is 1.07 bits per heavy atom. The predicted molar refractivity (Wildman–Crippen MR) is 184 cm³/mol. The number of hydrogen-bond donors (Lipinski definition) is 0. The first kappa shape index (κ1) is 24.6. The molecular formula is C41H27N3. The van der Waals surface area contributed by atoms with Crippen molar-refractivity contribution in [1.29, 1.82) is 0 Å². The third-order valence-electron chi connectivity index (χ3n) is 8.76. The number of fused-ring (bicyclic) bond motifs is 6. The molecule has 206 valence electrons. The van der Waals surface area contributed by atoms with Crippen LogP contribution in [0.4, 0.5) is 0 Å². The lowest BCUT2D eigenvalue weighted by Gasteiger charge is -2.12. The van der Waals surface area contributed by atoms with Crippen LogP contribution in [-0.4, -0.2) is 14.1 Å². The highest BCUT2D eigenvalue weighted by Crippen LogP contribution is 2.40. The number of benzene rings is 6. The summed E-state index contributed by atoms with van der Waals surface area (Å²) in [5.74, 6) is 0. The molecular weight excluding hydrogens is 534 g/mol. The molecule has 0 atom stereocenters. The summed E-state index contributed by atoms with van der Waals surface area (Å²) >= 11 is 0. The summed E-state index contributed by atoms with van der Waals surface area (Å²) in [6.07, 6.45) is 1.89. The van der Waals surface area contributed by atoms with Gasteiger partial charge in [-0.3, -0.25) is 4.98 Å². The Bertz CT molecular complexity index is 2480. The first-order valence-electron chi connectivity index (χ1n) is 15.0. The summed E-state index contributed by atoms with van der Waals surface area (Å²) in [6, 6.07) is 56.5. The van der Waals surface area contributed by atoms with Gasteiger partial charge in [0.25, 0.3) is 0 Å². The molecule has 0 spiro atoms. The van der Waals surface area contributed by atoms with Gasteiger partial charge in [-0.05, 0) is 82.9 Å². The van der Waals surface area contributed by atoms with E-state index in [9.17, 15) is 0 Å². The third kappa shape index (κ3) is 3.73. The first-order chi connectivity index (χ1) is 21.8. The normalized spacial score (nSPS) is 11.6. The van der Waals surface area contributed by atoms with E-state index in [1.54, 1.807) is 0 Å². The largest absolute Gasteiger partial charge is 0.309 e. The Balaban J connectivity index is 1.32. The van der Waals surface area contributed by atoms with Crippen molar-refractivity contribution < 1.29 is 0 Å². The SMILES string of the molecule is c1ccc(-c2cccc(-n3c4cc(-c5cccc6c5c5ccccc5n6-c5ccccc5)ccc4c4ncccc43)c2)cc1. The Kier molecular flexibility index (Phi) is 5.50. The Labute approximate surface area is 254 Å². The average molecular weight is 562 g/mol. The van der Waals surface area contributed by atoms with Crippen LogP contribution in [0.1, 0.15) is 0 Å². The van der Waals surface area contributed by atoms with E-state index in [4.69, 9.17) is 4.98 Å². The number of pyridine rings is 1. The van der Waals surface area contributed by atoms with Gasteiger partial charge in [0.2, 0.25) is 0 Å². The second-order valence-electron chi connectivity index (χ2n) is 11.2. The molecule has 3 nitrogen and oxygen atoms in total. The van der Waals surface area contributed by atoms with Crippen LogP contribution in [0.5, 0.6) is 0 Å². The third-order valence-corrected chi connectivity index (χ3v) is 8.76. The predicted octanol–water partition coefficient (Wildman–Crippen LogP) is 10.6. The summed E-state index contributed by atoms with van der Waals surface area (Å²) in [5.41, 5.74) is 12.7. The number of para-hydroxylation sites is 2. The minimum Gasteiger partial charge on any atom is -0.309 e. The van der Waals surface area contributed by atoms with Gasteiger partial charge in [0.1, 0.15) is 0 Å². The van der Waals surface area contributed by atoms with Gasteiger partial charge in [-0.2, -0.15) is 0 Å². The quantitative estimate of drug-likeness (QED) is 0.210. The van der Waals surface area contributed by atoms with Crippen LogP contribution in [0.25, 0.3) is 77.4 Å². The fourth-order valence-corrected chi connectivity index (χ4v) is 6.85. The average Bonchev–Trinajstić information content (AvgIpc) is 3.62. The minimum absolute atomic E-state index is 1.01.